The minimum atomic E-state index is -0.105. The van der Waals surface area contributed by atoms with Crippen molar-refractivity contribution in [2.45, 2.75) is 32.6 Å². The summed E-state index contributed by atoms with van der Waals surface area (Å²) >= 11 is 0. The molecule has 0 aliphatic carbocycles. The lowest BCUT2D eigenvalue weighted by Crippen LogP contribution is -1.99. The molecule has 0 rings (SSSR count). The summed E-state index contributed by atoms with van der Waals surface area (Å²) in [6, 6.07) is 0. The van der Waals surface area contributed by atoms with Gasteiger partial charge in [0.05, 0.1) is 6.42 Å². The molecule has 0 amide bonds. The van der Waals surface area contributed by atoms with Crippen LogP contribution in [0.2, 0.25) is 0 Å². The van der Waals surface area contributed by atoms with Crippen molar-refractivity contribution >= 4 is 11.6 Å². The Bertz CT molecular complexity index is 214. The molecule has 2 heteroatoms. The molecule has 13 heavy (non-hydrogen) atoms. The summed E-state index contributed by atoms with van der Waals surface area (Å²) in [5.74, 6) is -0.188. The minimum Gasteiger partial charge on any atom is -0.300 e. The summed E-state index contributed by atoms with van der Waals surface area (Å²) < 4.78 is 0. The molecule has 0 bridgehead atoms. The van der Waals surface area contributed by atoms with Crippen LogP contribution in [0.1, 0.15) is 32.6 Å². The van der Waals surface area contributed by atoms with E-state index in [0.29, 0.717) is 0 Å². The van der Waals surface area contributed by atoms with Crippen LogP contribution in [-0.2, 0) is 9.59 Å². The topological polar surface area (TPSA) is 34.1 Å². The Labute approximate surface area is 79.3 Å². The monoisotopic (exact) mass is 180 g/mol. The van der Waals surface area contributed by atoms with E-state index in [-0.39, 0.29) is 18.0 Å². The number of unbranched alkanes of at least 4 members (excludes halogenated alkanes) is 2. The third kappa shape index (κ3) is 8.73. The lowest BCUT2D eigenvalue weighted by molar-refractivity contribution is -0.123. The lowest BCUT2D eigenvalue weighted by atomic mass is 10.2. The van der Waals surface area contributed by atoms with Crippen LogP contribution in [0.15, 0.2) is 24.8 Å². The molecular weight excluding hydrogens is 164 g/mol. The fourth-order valence-electron chi connectivity index (χ4n) is 0.899. The van der Waals surface area contributed by atoms with E-state index in [4.69, 9.17) is 0 Å². The number of hydrogen-bond donors (Lipinski definition) is 0. The number of carbonyl (C=O) groups excluding carboxylic acids is 2. The van der Waals surface area contributed by atoms with Gasteiger partial charge >= 0.3 is 0 Å². The Morgan fingerprint density at radius 1 is 1.31 bits per heavy atom. The van der Waals surface area contributed by atoms with E-state index in [1.807, 2.05) is 12.2 Å². The van der Waals surface area contributed by atoms with Crippen LogP contribution in [0.5, 0.6) is 0 Å². The molecule has 0 spiro atoms. The van der Waals surface area contributed by atoms with Crippen molar-refractivity contribution in [3.63, 3.8) is 0 Å². The smallest absolute Gasteiger partial charge is 0.162 e. The van der Waals surface area contributed by atoms with Gasteiger partial charge in [-0.3, -0.25) is 9.59 Å². The highest BCUT2D eigenvalue weighted by Gasteiger charge is 1.99. The second-order valence-electron chi connectivity index (χ2n) is 2.97. The van der Waals surface area contributed by atoms with E-state index in [0.717, 1.165) is 19.3 Å². The van der Waals surface area contributed by atoms with Crippen LogP contribution < -0.4 is 0 Å². The summed E-state index contributed by atoms with van der Waals surface area (Å²) in [6.07, 6.45) is 8.02. The van der Waals surface area contributed by atoms with E-state index in [1.54, 1.807) is 0 Å². The maximum absolute atomic E-state index is 11.0. The molecule has 0 unspecified atom stereocenters. The predicted molar refractivity (Wildman–Crippen MR) is 53.5 cm³/mol. The van der Waals surface area contributed by atoms with Crippen molar-refractivity contribution in [3.8, 4) is 0 Å². The van der Waals surface area contributed by atoms with Crippen molar-refractivity contribution in [1.29, 1.82) is 0 Å². The van der Waals surface area contributed by atoms with Gasteiger partial charge in [-0.25, -0.2) is 0 Å². The molecule has 72 valence electrons. The number of rotatable bonds is 7. The lowest BCUT2D eigenvalue weighted by Gasteiger charge is -1.90. The van der Waals surface area contributed by atoms with Crippen LogP contribution in [-0.4, -0.2) is 11.6 Å². The highest BCUT2D eigenvalue weighted by molar-refractivity contribution is 6.03. The van der Waals surface area contributed by atoms with Gasteiger partial charge in [-0.15, -0.1) is 6.58 Å². The molecule has 0 aromatic heterocycles. The normalized spacial score (nSPS) is 10.2. The summed E-state index contributed by atoms with van der Waals surface area (Å²) in [4.78, 5) is 21.5. The van der Waals surface area contributed by atoms with E-state index in [9.17, 15) is 9.59 Å². The maximum atomic E-state index is 11.0. The Hall–Kier alpha value is -1.18. The maximum Gasteiger partial charge on any atom is 0.162 e. The van der Waals surface area contributed by atoms with Gasteiger partial charge in [-0.2, -0.15) is 0 Å². The first-order valence-corrected chi connectivity index (χ1v) is 4.46. The fourth-order valence-corrected chi connectivity index (χ4v) is 0.899. The quantitative estimate of drug-likeness (QED) is 0.261. The number of hydrogen-bond acceptors (Lipinski definition) is 2. The molecule has 0 atom stereocenters. The van der Waals surface area contributed by atoms with Gasteiger partial charge in [-0.05, 0) is 32.3 Å². The molecule has 0 radical (unpaired) electrons. The van der Waals surface area contributed by atoms with Crippen LogP contribution in [0.4, 0.5) is 0 Å². The Morgan fingerprint density at radius 3 is 2.54 bits per heavy atom. The third-order valence-electron chi connectivity index (χ3n) is 1.51. The summed E-state index contributed by atoms with van der Waals surface area (Å²) in [7, 11) is 0. The second-order valence-corrected chi connectivity index (χ2v) is 2.97. The number of ketones is 2. The summed E-state index contributed by atoms with van der Waals surface area (Å²) in [5, 5.41) is 0. The van der Waals surface area contributed by atoms with Crippen LogP contribution >= 0.6 is 0 Å². The SMILES string of the molecule is C=CCCC/C=C/C(=O)CC(C)=O. The third-order valence-corrected chi connectivity index (χ3v) is 1.51. The highest BCUT2D eigenvalue weighted by Crippen LogP contribution is 1.97. The fraction of sp³-hybridized carbons (Fsp3) is 0.455. The standard InChI is InChI=1S/C11H16O2/c1-3-4-5-6-7-8-11(13)9-10(2)12/h3,7-8H,1,4-6,9H2,2H3/b8-7+. The summed E-state index contributed by atoms with van der Waals surface area (Å²) in [5.41, 5.74) is 0. The van der Waals surface area contributed by atoms with Gasteiger partial charge in [0, 0.05) is 0 Å². The number of allylic oxidation sites excluding steroid dienone is 3. The van der Waals surface area contributed by atoms with Crippen molar-refractivity contribution < 1.29 is 9.59 Å². The second kappa shape index (κ2) is 7.47. The van der Waals surface area contributed by atoms with Crippen LogP contribution in [0, 0.1) is 0 Å². The van der Waals surface area contributed by atoms with Gasteiger partial charge in [0.1, 0.15) is 5.78 Å². The average Bonchev–Trinajstić information content (AvgIpc) is 2.02. The molecule has 0 aromatic carbocycles. The van der Waals surface area contributed by atoms with Gasteiger partial charge in [0.15, 0.2) is 5.78 Å². The highest BCUT2D eigenvalue weighted by atomic mass is 16.1. The Morgan fingerprint density at radius 2 is 2.00 bits per heavy atom. The molecule has 0 aliphatic heterocycles. The Balaban J connectivity index is 3.53. The molecule has 0 fully saturated rings. The predicted octanol–water partition coefficient (Wildman–Crippen LogP) is 2.45. The first-order chi connectivity index (χ1) is 6.16. The zero-order valence-corrected chi connectivity index (χ0v) is 8.08. The van der Waals surface area contributed by atoms with Crippen molar-refractivity contribution in [2.24, 2.45) is 0 Å². The number of Topliss-reactive ketones (excluding diaryl/α,β-unsaturated/α-hetero) is 1. The number of carbonyl (C=O) groups is 2. The van der Waals surface area contributed by atoms with Crippen molar-refractivity contribution in [1.82, 2.24) is 0 Å². The van der Waals surface area contributed by atoms with E-state index in [2.05, 4.69) is 6.58 Å². The van der Waals surface area contributed by atoms with Crippen molar-refractivity contribution in [3.05, 3.63) is 24.8 Å². The van der Waals surface area contributed by atoms with E-state index >= 15 is 0 Å². The van der Waals surface area contributed by atoms with Gasteiger partial charge in [0.2, 0.25) is 0 Å². The largest absolute Gasteiger partial charge is 0.300 e. The molecule has 0 aliphatic rings. The van der Waals surface area contributed by atoms with Gasteiger partial charge < -0.3 is 0 Å². The summed E-state index contributed by atoms with van der Waals surface area (Å²) in [6.45, 7) is 5.02. The average molecular weight is 180 g/mol. The molecule has 0 aromatic rings. The molecule has 0 heterocycles. The molecule has 2 nitrogen and oxygen atoms in total. The molecule has 0 saturated carbocycles. The first-order valence-electron chi connectivity index (χ1n) is 4.46. The Kier molecular flexibility index (Phi) is 6.79. The van der Waals surface area contributed by atoms with Gasteiger partial charge in [-0.1, -0.05) is 12.2 Å². The van der Waals surface area contributed by atoms with Crippen molar-refractivity contribution in [2.75, 3.05) is 0 Å². The van der Waals surface area contributed by atoms with Crippen LogP contribution in [0.3, 0.4) is 0 Å². The van der Waals surface area contributed by atoms with E-state index < -0.39 is 0 Å². The van der Waals surface area contributed by atoms with E-state index in [1.165, 1.54) is 13.0 Å². The molecule has 0 N–H and O–H groups in total. The zero-order valence-electron chi connectivity index (χ0n) is 8.08. The minimum absolute atomic E-state index is 0.0258. The molecular formula is C11H16O2. The first kappa shape index (κ1) is 11.8. The molecule has 0 saturated heterocycles. The van der Waals surface area contributed by atoms with Crippen LogP contribution in [0.25, 0.3) is 0 Å². The zero-order chi connectivity index (χ0) is 10.1. The van der Waals surface area contributed by atoms with Gasteiger partial charge in [0.25, 0.3) is 0 Å².